The van der Waals surface area contributed by atoms with Gasteiger partial charge in [-0.1, -0.05) is 19.1 Å². The highest BCUT2D eigenvalue weighted by Crippen LogP contribution is 2.17. The van der Waals surface area contributed by atoms with Crippen molar-refractivity contribution in [3.8, 4) is 0 Å². The molecule has 0 bridgehead atoms. The molecule has 3 heteroatoms. The molecular formula is C15H25N3. The summed E-state index contributed by atoms with van der Waals surface area (Å²) in [6, 6.07) is 4.69. The van der Waals surface area contributed by atoms with Gasteiger partial charge < -0.3 is 10.2 Å². The highest BCUT2D eigenvalue weighted by molar-refractivity contribution is 5.43. The predicted molar refractivity (Wildman–Crippen MR) is 79.0 cm³/mol. The van der Waals surface area contributed by atoms with Gasteiger partial charge in [0.1, 0.15) is 5.82 Å². The minimum atomic E-state index is 0.425. The topological polar surface area (TPSA) is 28.2 Å². The molecule has 1 aromatic heterocycles. The van der Waals surface area contributed by atoms with Crippen LogP contribution < -0.4 is 10.2 Å². The Labute approximate surface area is 111 Å². The molecule has 0 aliphatic carbocycles. The average Bonchev–Trinajstić information content (AvgIpc) is 2.34. The first kappa shape index (κ1) is 14.7. The fourth-order valence-corrected chi connectivity index (χ4v) is 1.89. The van der Waals surface area contributed by atoms with Crippen molar-refractivity contribution in [3.63, 3.8) is 0 Å². The Hall–Kier alpha value is -1.35. The fraction of sp³-hybridized carbons (Fsp3) is 0.533. The number of aromatic nitrogens is 1. The van der Waals surface area contributed by atoms with E-state index in [-0.39, 0.29) is 0 Å². The number of rotatable bonds is 7. The molecule has 1 N–H and O–H groups in total. The standard InChI is InChI=1S/C15H25N3/c1-6-10-18(12(3)4)15-9-8-14(11-16-7-2)13(5)17-15/h6,8-9,12,16H,1,7,10-11H2,2-5H3. The van der Waals surface area contributed by atoms with E-state index in [1.54, 1.807) is 0 Å². The van der Waals surface area contributed by atoms with Gasteiger partial charge in [0, 0.05) is 24.8 Å². The van der Waals surface area contributed by atoms with Gasteiger partial charge in [-0.25, -0.2) is 4.98 Å². The molecule has 0 saturated heterocycles. The van der Waals surface area contributed by atoms with Gasteiger partial charge in [0.15, 0.2) is 0 Å². The second-order valence-corrected chi connectivity index (χ2v) is 4.73. The zero-order valence-electron chi connectivity index (χ0n) is 12.0. The average molecular weight is 247 g/mol. The Kier molecular flexibility index (Phi) is 5.86. The lowest BCUT2D eigenvalue weighted by Crippen LogP contribution is -2.31. The van der Waals surface area contributed by atoms with Crippen LogP contribution in [0.3, 0.4) is 0 Å². The molecule has 0 aliphatic rings. The molecule has 0 atom stereocenters. The molecule has 100 valence electrons. The maximum atomic E-state index is 4.70. The molecule has 18 heavy (non-hydrogen) atoms. The van der Waals surface area contributed by atoms with Gasteiger partial charge in [-0.05, 0) is 38.9 Å². The molecule has 0 radical (unpaired) electrons. The zero-order valence-corrected chi connectivity index (χ0v) is 12.0. The van der Waals surface area contributed by atoms with Gasteiger partial charge >= 0.3 is 0 Å². The third-order valence-corrected chi connectivity index (χ3v) is 2.99. The molecule has 1 rings (SSSR count). The summed E-state index contributed by atoms with van der Waals surface area (Å²) < 4.78 is 0. The first-order valence-corrected chi connectivity index (χ1v) is 6.64. The highest BCUT2D eigenvalue weighted by atomic mass is 15.2. The Balaban J connectivity index is 2.90. The van der Waals surface area contributed by atoms with Crippen LogP contribution in [0.5, 0.6) is 0 Å². The van der Waals surface area contributed by atoms with Crippen molar-refractivity contribution in [2.24, 2.45) is 0 Å². The molecule has 3 nitrogen and oxygen atoms in total. The van der Waals surface area contributed by atoms with Gasteiger partial charge in [0.25, 0.3) is 0 Å². The number of nitrogens with zero attached hydrogens (tertiary/aromatic N) is 2. The normalized spacial score (nSPS) is 10.7. The van der Waals surface area contributed by atoms with Crippen LogP contribution in [0.15, 0.2) is 24.8 Å². The maximum Gasteiger partial charge on any atom is 0.129 e. The van der Waals surface area contributed by atoms with E-state index in [9.17, 15) is 0 Å². The summed E-state index contributed by atoms with van der Waals surface area (Å²) in [4.78, 5) is 6.95. The van der Waals surface area contributed by atoms with Crippen LogP contribution in [0.2, 0.25) is 0 Å². The molecule has 0 spiro atoms. The molecule has 0 fully saturated rings. The van der Waals surface area contributed by atoms with Crippen LogP contribution in [-0.2, 0) is 6.54 Å². The molecule has 0 amide bonds. The van der Waals surface area contributed by atoms with Crippen LogP contribution in [0.25, 0.3) is 0 Å². The summed E-state index contributed by atoms with van der Waals surface area (Å²) in [5.74, 6) is 1.03. The monoisotopic (exact) mass is 247 g/mol. The molecule has 1 aromatic rings. The van der Waals surface area contributed by atoms with E-state index in [4.69, 9.17) is 4.98 Å². The zero-order chi connectivity index (χ0) is 13.5. The van der Waals surface area contributed by atoms with E-state index in [0.29, 0.717) is 6.04 Å². The first-order chi connectivity index (χ1) is 8.60. The summed E-state index contributed by atoms with van der Waals surface area (Å²) in [6.45, 7) is 15.0. The van der Waals surface area contributed by atoms with Gasteiger partial charge in [0.05, 0.1) is 0 Å². The predicted octanol–water partition coefficient (Wildman–Crippen LogP) is 2.90. The summed E-state index contributed by atoms with van der Waals surface area (Å²) in [6.07, 6.45) is 1.92. The summed E-state index contributed by atoms with van der Waals surface area (Å²) in [5, 5.41) is 3.33. The SMILES string of the molecule is C=CCN(c1ccc(CNCC)c(C)n1)C(C)C. The number of aryl methyl sites for hydroxylation is 1. The van der Waals surface area contributed by atoms with Gasteiger partial charge in [0.2, 0.25) is 0 Å². The van der Waals surface area contributed by atoms with Crippen molar-refractivity contribution in [1.29, 1.82) is 0 Å². The number of hydrogen-bond acceptors (Lipinski definition) is 3. The second kappa shape index (κ2) is 7.17. The number of anilines is 1. The Morgan fingerprint density at radius 1 is 1.44 bits per heavy atom. The highest BCUT2D eigenvalue weighted by Gasteiger charge is 2.11. The minimum absolute atomic E-state index is 0.425. The van der Waals surface area contributed by atoms with Crippen LogP contribution in [-0.4, -0.2) is 24.1 Å². The van der Waals surface area contributed by atoms with Gasteiger partial charge in [-0.15, -0.1) is 6.58 Å². The minimum Gasteiger partial charge on any atom is -0.350 e. The Bertz CT molecular complexity index is 385. The molecule has 0 aromatic carbocycles. The van der Waals surface area contributed by atoms with E-state index in [0.717, 1.165) is 31.1 Å². The van der Waals surface area contributed by atoms with Crippen LogP contribution >= 0.6 is 0 Å². The van der Waals surface area contributed by atoms with Crippen molar-refractivity contribution >= 4 is 5.82 Å². The number of pyridine rings is 1. The maximum absolute atomic E-state index is 4.70. The summed E-state index contributed by atoms with van der Waals surface area (Å²) in [7, 11) is 0. The number of hydrogen-bond donors (Lipinski definition) is 1. The third kappa shape index (κ3) is 3.84. The Morgan fingerprint density at radius 3 is 2.67 bits per heavy atom. The summed E-state index contributed by atoms with van der Waals surface area (Å²) >= 11 is 0. The lowest BCUT2D eigenvalue weighted by molar-refractivity contribution is 0.701. The third-order valence-electron chi connectivity index (χ3n) is 2.99. The molecular weight excluding hydrogens is 222 g/mol. The van der Waals surface area contributed by atoms with E-state index in [1.165, 1.54) is 5.56 Å². The van der Waals surface area contributed by atoms with Crippen LogP contribution in [0, 0.1) is 6.92 Å². The lowest BCUT2D eigenvalue weighted by atomic mass is 10.2. The molecule has 0 saturated carbocycles. The molecule has 1 heterocycles. The van der Waals surface area contributed by atoms with E-state index >= 15 is 0 Å². The van der Waals surface area contributed by atoms with Gasteiger partial charge in [-0.3, -0.25) is 0 Å². The van der Waals surface area contributed by atoms with Crippen molar-refractivity contribution in [1.82, 2.24) is 10.3 Å². The Morgan fingerprint density at radius 2 is 2.17 bits per heavy atom. The largest absolute Gasteiger partial charge is 0.350 e. The summed E-state index contributed by atoms with van der Waals surface area (Å²) in [5.41, 5.74) is 2.37. The first-order valence-electron chi connectivity index (χ1n) is 6.64. The van der Waals surface area contributed by atoms with Crippen molar-refractivity contribution in [2.45, 2.75) is 40.3 Å². The molecule has 0 unspecified atom stereocenters. The van der Waals surface area contributed by atoms with Gasteiger partial charge in [-0.2, -0.15) is 0 Å². The van der Waals surface area contributed by atoms with Crippen molar-refractivity contribution in [3.05, 3.63) is 36.0 Å². The van der Waals surface area contributed by atoms with Crippen LogP contribution in [0.4, 0.5) is 5.82 Å². The smallest absolute Gasteiger partial charge is 0.129 e. The number of nitrogens with one attached hydrogen (secondary N) is 1. The lowest BCUT2D eigenvalue weighted by Gasteiger charge is -2.27. The van der Waals surface area contributed by atoms with Crippen molar-refractivity contribution in [2.75, 3.05) is 18.0 Å². The van der Waals surface area contributed by atoms with E-state index in [2.05, 4.69) is 56.6 Å². The molecule has 0 aliphatic heterocycles. The van der Waals surface area contributed by atoms with Crippen LogP contribution in [0.1, 0.15) is 32.0 Å². The quantitative estimate of drug-likeness (QED) is 0.751. The fourth-order valence-electron chi connectivity index (χ4n) is 1.89. The van der Waals surface area contributed by atoms with E-state index in [1.807, 2.05) is 6.08 Å². The van der Waals surface area contributed by atoms with Crippen molar-refractivity contribution < 1.29 is 0 Å². The second-order valence-electron chi connectivity index (χ2n) is 4.73. The van der Waals surface area contributed by atoms with E-state index < -0.39 is 0 Å².